The maximum atomic E-state index is 14.1. The largest absolute Gasteiger partial charge is 0.481 e. The molecule has 0 radical (unpaired) electrons. The fourth-order valence-corrected chi connectivity index (χ4v) is 5.78. The molecule has 0 aromatic heterocycles. The molecule has 2 fully saturated rings. The minimum absolute atomic E-state index is 0.192. The van der Waals surface area contributed by atoms with Crippen molar-refractivity contribution < 1.29 is 28.4 Å². The van der Waals surface area contributed by atoms with Crippen LogP contribution in [0.4, 0.5) is 0 Å². The summed E-state index contributed by atoms with van der Waals surface area (Å²) in [6.45, 7) is 8.94. The molecule has 2 heterocycles. The normalized spacial score (nSPS) is 20.2. The fourth-order valence-electron chi connectivity index (χ4n) is 5.78. The van der Waals surface area contributed by atoms with Crippen molar-refractivity contribution >= 4 is 24.8 Å². The Morgan fingerprint density at radius 2 is 1.57 bits per heavy atom. The zero-order valence-corrected chi connectivity index (χ0v) is 26.8. The van der Waals surface area contributed by atoms with Gasteiger partial charge in [-0.15, -0.1) is 0 Å². The summed E-state index contributed by atoms with van der Waals surface area (Å²) in [5.41, 5.74) is 0.918. The van der Waals surface area contributed by atoms with Gasteiger partial charge in [0.2, 0.25) is 17.7 Å². The van der Waals surface area contributed by atoms with E-state index in [1.807, 2.05) is 88.4 Å². The van der Waals surface area contributed by atoms with Gasteiger partial charge in [0.1, 0.15) is 12.1 Å². The van der Waals surface area contributed by atoms with E-state index in [1.54, 1.807) is 12.0 Å². The highest BCUT2D eigenvalue weighted by Gasteiger charge is 2.54. The van der Waals surface area contributed by atoms with Crippen molar-refractivity contribution in [3.63, 3.8) is 0 Å². The minimum atomic E-state index is -0.783. The molecule has 0 bridgehead atoms. The van der Waals surface area contributed by atoms with Crippen molar-refractivity contribution in [3.05, 3.63) is 71.8 Å². The van der Waals surface area contributed by atoms with Crippen LogP contribution in [0.1, 0.15) is 70.9 Å². The van der Waals surface area contributed by atoms with Crippen molar-refractivity contribution in [2.75, 3.05) is 20.3 Å². The summed E-state index contributed by atoms with van der Waals surface area (Å²) in [6, 6.07) is 18.0. The number of likely N-dealkylation sites (tertiary alicyclic amines) is 1. The van der Waals surface area contributed by atoms with Gasteiger partial charge in [0, 0.05) is 33.1 Å². The van der Waals surface area contributed by atoms with E-state index in [2.05, 4.69) is 10.6 Å². The summed E-state index contributed by atoms with van der Waals surface area (Å²) in [4.78, 5) is 42.6. The van der Waals surface area contributed by atoms with Crippen molar-refractivity contribution in [2.24, 2.45) is 0 Å². The van der Waals surface area contributed by atoms with E-state index in [4.69, 9.17) is 14.0 Å². The molecule has 4 rings (SSSR count). The molecule has 9 nitrogen and oxygen atoms in total. The zero-order chi connectivity index (χ0) is 31.7. The molecule has 2 saturated heterocycles. The number of carbonyl (C=O) groups excluding carboxylic acids is 3. The number of amides is 3. The first-order valence-electron chi connectivity index (χ1n) is 15.8. The van der Waals surface area contributed by atoms with Crippen LogP contribution in [0.5, 0.6) is 0 Å². The highest BCUT2D eigenvalue weighted by atomic mass is 16.7. The smallest absolute Gasteiger partial charge is 0.402 e. The summed E-state index contributed by atoms with van der Waals surface area (Å²) < 4.78 is 17.8. The summed E-state index contributed by atoms with van der Waals surface area (Å²) in [6.07, 6.45) is 3.76. The van der Waals surface area contributed by atoms with E-state index in [-0.39, 0.29) is 24.1 Å². The van der Waals surface area contributed by atoms with Crippen LogP contribution >= 0.6 is 0 Å². The lowest BCUT2D eigenvalue weighted by atomic mass is 9.75. The van der Waals surface area contributed by atoms with Gasteiger partial charge in [0.25, 0.3) is 0 Å². The van der Waals surface area contributed by atoms with Crippen LogP contribution in [0.15, 0.2) is 60.7 Å². The number of benzene rings is 2. The lowest BCUT2D eigenvalue weighted by molar-refractivity contribution is -0.141. The molecule has 3 amide bonds. The number of aryl methyl sites for hydroxylation is 1. The number of nitrogens with one attached hydrogen (secondary N) is 2. The molecule has 0 aliphatic carbocycles. The quantitative estimate of drug-likeness (QED) is 0.250. The average Bonchev–Trinajstić information content (AvgIpc) is 3.57. The molecule has 0 spiro atoms. The number of hydrogen-bond acceptors (Lipinski definition) is 6. The molecule has 2 N–H and O–H groups in total. The molecular formula is C34H48BN3O6. The zero-order valence-electron chi connectivity index (χ0n) is 26.8. The molecule has 10 heteroatoms. The molecular weight excluding hydrogens is 557 g/mol. The second-order valence-electron chi connectivity index (χ2n) is 12.9. The van der Waals surface area contributed by atoms with E-state index in [0.29, 0.717) is 51.7 Å². The number of nitrogens with zero attached hydrogens (tertiary/aromatic N) is 1. The van der Waals surface area contributed by atoms with Crippen LogP contribution < -0.4 is 10.6 Å². The molecule has 1 unspecified atom stereocenters. The predicted octanol–water partition coefficient (Wildman–Crippen LogP) is 3.88. The summed E-state index contributed by atoms with van der Waals surface area (Å²) in [7, 11) is 1.03. The van der Waals surface area contributed by atoms with E-state index in [1.165, 1.54) is 0 Å². The molecule has 3 atom stereocenters. The topological polar surface area (TPSA) is 106 Å². The first kappa shape index (κ1) is 33.7. The van der Waals surface area contributed by atoms with Crippen LogP contribution in [0.3, 0.4) is 0 Å². The van der Waals surface area contributed by atoms with Crippen LogP contribution in [0.2, 0.25) is 0 Å². The summed E-state index contributed by atoms with van der Waals surface area (Å²) in [5, 5.41) is 6.16. The first-order valence-corrected chi connectivity index (χ1v) is 15.8. The van der Waals surface area contributed by atoms with Crippen molar-refractivity contribution in [1.29, 1.82) is 0 Å². The minimum Gasteiger partial charge on any atom is -0.402 e. The Labute approximate surface area is 262 Å². The summed E-state index contributed by atoms with van der Waals surface area (Å²) >= 11 is 0. The second kappa shape index (κ2) is 15.2. The Balaban J connectivity index is 1.46. The Morgan fingerprint density at radius 3 is 2.18 bits per heavy atom. The van der Waals surface area contributed by atoms with Crippen LogP contribution in [0.25, 0.3) is 0 Å². The van der Waals surface area contributed by atoms with Gasteiger partial charge in [-0.3, -0.25) is 14.4 Å². The van der Waals surface area contributed by atoms with Gasteiger partial charge in [-0.05, 0) is 70.9 Å². The Morgan fingerprint density at radius 1 is 0.955 bits per heavy atom. The number of rotatable bonds is 14. The third-order valence-electron chi connectivity index (χ3n) is 9.03. The fraction of sp³-hybridized carbons (Fsp3) is 0.559. The van der Waals surface area contributed by atoms with Crippen LogP contribution in [-0.4, -0.2) is 79.2 Å². The van der Waals surface area contributed by atoms with Gasteiger partial charge >= 0.3 is 7.12 Å². The number of hydrogen-bond donors (Lipinski definition) is 2. The van der Waals surface area contributed by atoms with Crippen LogP contribution in [-0.2, 0) is 41.3 Å². The van der Waals surface area contributed by atoms with E-state index in [9.17, 15) is 14.4 Å². The molecule has 2 aliphatic rings. The van der Waals surface area contributed by atoms with Gasteiger partial charge < -0.3 is 29.6 Å². The monoisotopic (exact) mass is 605 g/mol. The molecule has 2 aromatic rings. The maximum Gasteiger partial charge on any atom is 0.481 e. The second-order valence-corrected chi connectivity index (χ2v) is 12.9. The van der Waals surface area contributed by atoms with Gasteiger partial charge in [-0.2, -0.15) is 0 Å². The Kier molecular flexibility index (Phi) is 11.6. The van der Waals surface area contributed by atoms with E-state index < -0.39 is 36.3 Å². The van der Waals surface area contributed by atoms with Crippen molar-refractivity contribution in [2.45, 2.75) is 102 Å². The van der Waals surface area contributed by atoms with Crippen LogP contribution in [0, 0.1) is 0 Å². The summed E-state index contributed by atoms with van der Waals surface area (Å²) in [5.74, 6) is -1.08. The first-order chi connectivity index (χ1) is 21.0. The van der Waals surface area contributed by atoms with Crippen molar-refractivity contribution in [3.8, 4) is 0 Å². The molecule has 2 aromatic carbocycles. The molecule has 0 saturated carbocycles. The van der Waals surface area contributed by atoms with Crippen molar-refractivity contribution in [1.82, 2.24) is 15.5 Å². The van der Waals surface area contributed by atoms with Gasteiger partial charge in [0.05, 0.1) is 17.1 Å². The average molecular weight is 606 g/mol. The maximum absolute atomic E-state index is 14.1. The lowest BCUT2D eigenvalue weighted by Crippen LogP contribution is -2.57. The SMILES string of the molecule is COCCCC(NC(=O)[C@@H]1CCCN1C(=O)[C@@H](Cc1ccccc1)NC(=O)CCc1ccccc1)B1OC(C)(C)C(C)(C)O1. The Hall–Kier alpha value is -3.21. The van der Waals surface area contributed by atoms with Gasteiger partial charge in [-0.25, -0.2) is 0 Å². The van der Waals surface area contributed by atoms with Gasteiger partial charge in [0.15, 0.2) is 0 Å². The van der Waals surface area contributed by atoms with E-state index in [0.717, 1.165) is 11.1 Å². The highest BCUT2D eigenvalue weighted by Crippen LogP contribution is 2.38. The van der Waals surface area contributed by atoms with E-state index >= 15 is 0 Å². The lowest BCUT2D eigenvalue weighted by Gasteiger charge is -2.32. The third-order valence-corrected chi connectivity index (χ3v) is 9.03. The van der Waals surface area contributed by atoms with Gasteiger partial charge in [-0.1, -0.05) is 60.7 Å². The molecule has 44 heavy (non-hydrogen) atoms. The third kappa shape index (κ3) is 8.70. The highest BCUT2D eigenvalue weighted by molar-refractivity contribution is 6.48. The number of carbonyl (C=O) groups is 3. The number of ether oxygens (including phenoxy) is 1. The number of methoxy groups -OCH3 is 1. The molecule has 2 aliphatic heterocycles. The molecule has 238 valence electrons. The predicted molar refractivity (Wildman–Crippen MR) is 171 cm³/mol. The standard InChI is InChI=1S/C34H48BN3O6/c1-33(2)34(3,4)44-35(43-33)29(19-13-23-42-5)37-31(40)28-18-12-22-38(28)32(41)27(24-26-16-10-7-11-17-26)36-30(39)21-20-25-14-8-6-9-15-25/h6-11,14-17,27-29H,12-13,18-24H2,1-5H3,(H,36,39)(H,37,40)/t27-,28+,29?/m1/s1. The Bertz CT molecular complexity index is 1230.